The lowest BCUT2D eigenvalue weighted by atomic mass is 10.1. The third-order valence-electron chi connectivity index (χ3n) is 3.98. The Labute approximate surface area is 128 Å². The van der Waals surface area contributed by atoms with Crippen molar-refractivity contribution < 1.29 is 4.79 Å². The van der Waals surface area contributed by atoms with Crippen molar-refractivity contribution in [1.29, 1.82) is 0 Å². The van der Waals surface area contributed by atoms with Crippen molar-refractivity contribution in [3.8, 4) is 0 Å². The molecule has 1 aromatic carbocycles. The number of hydrogen-bond donors (Lipinski definition) is 1. The van der Waals surface area contributed by atoms with Crippen LogP contribution in [0.3, 0.4) is 0 Å². The third kappa shape index (κ3) is 3.07. The summed E-state index contributed by atoms with van der Waals surface area (Å²) in [6.07, 6.45) is 3.70. The van der Waals surface area contributed by atoms with Crippen molar-refractivity contribution >= 4 is 29.0 Å². The molecule has 21 heavy (non-hydrogen) atoms. The van der Waals surface area contributed by atoms with Gasteiger partial charge >= 0.3 is 6.03 Å². The van der Waals surface area contributed by atoms with Gasteiger partial charge in [0.1, 0.15) is 0 Å². The Hall–Kier alpha value is -1.50. The number of carbonyl (C=O) groups excluding carboxylic acids is 1. The number of likely N-dealkylation sites (tertiary alicyclic amines) is 1. The number of piperidine rings is 1. The first kappa shape index (κ1) is 14.4. The van der Waals surface area contributed by atoms with Crippen LogP contribution < -0.4 is 15.5 Å². The Balaban J connectivity index is 1.76. The highest BCUT2D eigenvalue weighted by molar-refractivity contribution is 6.31. The van der Waals surface area contributed by atoms with Crippen LogP contribution >= 0.6 is 11.6 Å². The van der Waals surface area contributed by atoms with E-state index in [0.717, 1.165) is 19.6 Å². The molecule has 2 amide bonds. The number of rotatable bonds is 3. The first-order valence-corrected chi connectivity index (χ1v) is 7.60. The molecule has 0 aliphatic carbocycles. The van der Waals surface area contributed by atoms with Gasteiger partial charge in [0, 0.05) is 18.1 Å². The van der Waals surface area contributed by atoms with Gasteiger partial charge in [-0.15, -0.1) is 0 Å². The van der Waals surface area contributed by atoms with Crippen molar-refractivity contribution in [1.82, 2.24) is 10.3 Å². The van der Waals surface area contributed by atoms with Gasteiger partial charge in [0.15, 0.2) is 0 Å². The molecule has 114 valence electrons. The minimum atomic E-state index is -0.406. The molecule has 6 nitrogen and oxygen atoms in total. The molecule has 3 rings (SSSR count). The second-order valence-electron chi connectivity index (χ2n) is 5.40. The fourth-order valence-electron chi connectivity index (χ4n) is 2.85. The van der Waals surface area contributed by atoms with Crippen LogP contribution in [-0.4, -0.2) is 37.1 Å². The lowest BCUT2D eigenvalue weighted by molar-refractivity contribution is 0.226. The second kappa shape index (κ2) is 6.09. The summed E-state index contributed by atoms with van der Waals surface area (Å²) in [4.78, 5) is 16.0. The number of fused-ring (bicyclic) bond motifs is 1. The summed E-state index contributed by atoms with van der Waals surface area (Å²) in [5.41, 5.74) is 3.28. The molecule has 0 atom stereocenters. The van der Waals surface area contributed by atoms with Crippen molar-refractivity contribution in [2.45, 2.75) is 19.3 Å². The Kier molecular flexibility index (Phi) is 4.19. The molecule has 0 bridgehead atoms. The van der Waals surface area contributed by atoms with Crippen LogP contribution in [0.5, 0.6) is 0 Å². The van der Waals surface area contributed by atoms with Gasteiger partial charge in [0.25, 0.3) is 0 Å². The second-order valence-corrected chi connectivity index (χ2v) is 5.83. The lowest BCUT2D eigenvalue weighted by Crippen LogP contribution is -2.53. The quantitative estimate of drug-likeness (QED) is 0.932. The Morgan fingerprint density at radius 2 is 1.90 bits per heavy atom. The Morgan fingerprint density at radius 1 is 1.14 bits per heavy atom. The molecule has 0 unspecified atom stereocenters. The van der Waals surface area contributed by atoms with Crippen molar-refractivity contribution in [3.63, 3.8) is 0 Å². The molecule has 1 aromatic rings. The van der Waals surface area contributed by atoms with Crippen molar-refractivity contribution in [2.24, 2.45) is 0 Å². The minimum Gasteiger partial charge on any atom is -0.739 e. The number of carbonyl (C=O) groups is 1. The summed E-state index contributed by atoms with van der Waals surface area (Å²) in [6.45, 7) is 3.50. The molecule has 1 fully saturated rings. The van der Waals surface area contributed by atoms with Gasteiger partial charge in [-0.2, -0.15) is 0 Å². The zero-order valence-corrected chi connectivity index (χ0v) is 12.5. The number of hydrogen-bond acceptors (Lipinski definition) is 4. The minimum absolute atomic E-state index is 0.406. The van der Waals surface area contributed by atoms with E-state index in [2.05, 4.69) is 10.3 Å². The molecule has 1 saturated heterocycles. The zero-order chi connectivity index (χ0) is 14.8. The zero-order valence-electron chi connectivity index (χ0n) is 11.7. The number of anilines is 2. The smallest absolute Gasteiger partial charge is 0.340 e. The maximum absolute atomic E-state index is 12.1. The van der Waals surface area contributed by atoms with Crippen LogP contribution in [0.25, 0.3) is 0 Å². The van der Waals surface area contributed by atoms with E-state index in [9.17, 15) is 10.0 Å². The molecule has 2 heterocycles. The molecule has 1 N–H and O–H groups in total. The summed E-state index contributed by atoms with van der Waals surface area (Å²) in [6, 6.07) is 4.53. The number of nitrogens with zero attached hydrogens (tertiary/aromatic N) is 3. The van der Waals surface area contributed by atoms with Gasteiger partial charge in [0.2, 0.25) is 0 Å². The maximum atomic E-state index is 12.1. The maximum Gasteiger partial charge on any atom is 0.340 e. The number of urea groups is 1. The molecule has 2 aliphatic heterocycles. The third-order valence-corrected chi connectivity index (χ3v) is 4.21. The molecule has 2 aliphatic rings. The topological polar surface area (TPSA) is 61.9 Å². The Morgan fingerprint density at radius 3 is 2.67 bits per heavy atom. The van der Waals surface area contributed by atoms with Crippen molar-refractivity contribution in [2.75, 3.05) is 36.3 Å². The van der Waals surface area contributed by atoms with Crippen LogP contribution in [0.4, 0.5) is 16.2 Å². The van der Waals surface area contributed by atoms with Crippen molar-refractivity contribution in [3.05, 3.63) is 28.4 Å². The molecule has 0 radical (unpaired) electrons. The first-order valence-electron chi connectivity index (χ1n) is 7.22. The van der Waals surface area contributed by atoms with E-state index < -0.39 is 6.03 Å². The van der Waals surface area contributed by atoms with Gasteiger partial charge in [0.05, 0.1) is 11.4 Å². The summed E-state index contributed by atoms with van der Waals surface area (Å²) in [7, 11) is 0. The van der Waals surface area contributed by atoms with E-state index in [1.54, 1.807) is 23.1 Å². The monoisotopic (exact) mass is 309 g/mol. The van der Waals surface area contributed by atoms with Crippen LogP contribution in [0, 0.1) is 5.21 Å². The van der Waals surface area contributed by atoms with Gasteiger partial charge < -0.3 is 15.3 Å². The normalized spacial score (nSPS) is 19.4. The summed E-state index contributed by atoms with van der Waals surface area (Å²) < 4.78 is 0. The molecular weight excluding hydrogens is 292 g/mol. The van der Waals surface area contributed by atoms with E-state index in [1.165, 1.54) is 19.3 Å². The number of amides is 2. The number of benzene rings is 1. The van der Waals surface area contributed by atoms with E-state index in [4.69, 9.17) is 11.6 Å². The highest BCUT2D eigenvalue weighted by Gasteiger charge is 2.26. The van der Waals surface area contributed by atoms with Gasteiger partial charge in [-0.3, -0.25) is 10.3 Å². The summed E-state index contributed by atoms with van der Waals surface area (Å²) >= 11 is 6.00. The molecule has 0 spiro atoms. The fourth-order valence-corrected chi connectivity index (χ4v) is 3.01. The van der Waals surface area contributed by atoms with Crippen LogP contribution in [0.2, 0.25) is 5.02 Å². The molecule has 7 heteroatoms. The van der Waals surface area contributed by atoms with Crippen LogP contribution in [0.15, 0.2) is 18.2 Å². The average molecular weight is 310 g/mol. The molecule has 0 saturated carbocycles. The standard InChI is InChI=1S/C14H18ClN4O2/c15-11-4-5-12-13(10-11)18(14(20)16-19(12)21)9-8-17-6-2-1-3-7-17/h4-5,10H,1-3,6-9H2,(H,16,20)/q-1. The summed E-state index contributed by atoms with van der Waals surface area (Å²) in [5.74, 6) is 0. The predicted octanol–water partition coefficient (Wildman–Crippen LogP) is 2.57. The number of halogens is 1. The van der Waals surface area contributed by atoms with Crippen LogP contribution in [-0.2, 0) is 0 Å². The molecular formula is C14H18ClN4O2-. The first-order chi connectivity index (χ1) is 10.1. The van der Waals surface area contributed by atoms with Gasteiger partial charge in [-0.05, 0) is 44.1 Å². The molecule has 0 aromatic heterocycles. The lowest BCUT2D eigenvalue weighted by Gasteiger charge is -2.42. The highest BCUT2D eigenvalue weighted by atomic mass is 35.5. The van der Waals surface area contributed by atoms with Gasteiger partial charge in [-0.1, -0.05) is 18.0 Å². The number of nitrogens with one attached hydrogen (secondary N) is 1. The largest absolute Gasteiger partial charge is 0.739 e. The van der Waals surface area contributed by atoms with Crippen LogP contribution in [0.1, 0.15) is 19.3 Å². The Bertz CT molecular complexity index is 534. The SMILES string of the molecule is O=C1NN([O-])c2ccc(Cl)cc2N1CCN1CCCCC1. The van der Waals surface area contributed by atoms with E-state index >= 15 is 0 Å². The van der Waals surface area contributed by atoms with E-state index in [0.29, 0.717) is 28.1 Å². The highest BCUT2D eigenvalue weighted by Crippen LogP contribution is 2.34. The van der Waals surface area contributed by atoms with E-state index in [-0.39, 0.29) is 0 Å². The fraction of sp³-hybridized carbons (Fsp3) is 0.500. The average Bonchev–Trinajstić information content (AvgIpc) is 2.47. The number of hydrazine groups is 1. The predicted molar refractivity (Wildman–Crippen MR) is 83.5 cm³/mol. The summed E-state index contributed by atoms with van der Waals surface area (Å²) in [5, 5.41) is 12.8. The van der Waals surface area contributed by atoms with E-state index in [1.807, 2.05) is 0 Å². The van der Waals surface area contributed by atoms with Gasteiger partial charge in [-0.25, -0.2) is 4.79 Å².